The van der Waals surface area contributed by atoms with Gasteiger partial charge in [-0.1, -0.05) is 6.08 Å². The molecule has 4 heterocycles. The summed E-state index contributed by atoms with van der Waals surface area (Å²) in [7, 11) is 1.49. The fourth-order valence-corrected chi connectivity index (χ4v) is 10.4. The summed E-state index contributed by atoms with van der Waals surface area (Å²) in [6, 6.07) is 0. The van der Waals surface area contributed by atoms with E-state index in [0.717, 1.165) is 0 Å². The van der Waals surface area contributed by atoms with Crippen LogP contribution in [0.3, 0.4) is 0 Å². The number of fused-ring (bicyclic) bond motifs is 1. The van der Waals surface area contributed by atoms with Gasteiger partial charge in [-0.05, 0) is 50.9 Å². The minimum absolute atomic E-state index is 0.0638. The lowest BCUT2D eigenvalue weighted by Gasteiger charge is -2.49. The van der Waals surface area contributed by atoms with Crippen LogP contribution in [0, 0.1) is 17.8 Å². The lowest BCUT2D eigenvalue weighted by molar-refractivity contribution is -0.385. The molecule has 0 bridgehead atoms. The van der Waals surface area contributed by atoms with Gasteiger partial charge in [0, 0.05) is 31.9 Å². The maximum Gasteiger partial charge on any atom is 0.330 e. The van der Waals surface area contributed by atoms with E-state index in [-0.39, 0.29) is 50.0 Å². The fraction of sp³-hybridized carbons (Fsp3) is 0.929. The molecule has 14 N–H and O–H groups in total. The third-order valence-corrected chi connectivity index (χ3v) is 14.4. The molecule has 12 unspecified atom stereocenters. The summed E-state index contributed by atoms with van der Waals surface area (Å²) in [4.78, 5) is 12.6. The number of ether oxygens (including phenoxy) is 9. The number of allylic oxidation sites excluding steroid dienone is 1. The van der Waals surface area contributed by atoms with Gasteiger partial charge in [0.15, 0.2) is 31.1 Å². The molecule has 3 aliphatic carbocycles. The Bertz CT molecular complexity index is 1540. The van der Waals surface area contributed by atoms with Gasteiger partial charge in [0.05, 0.1) is 55.8 Å². The van der Waals surface area contributed by atoms with Gasteiger partial charge >= 0.3 is 5.97 Å². The molecule has 7 rings (SSSR count). The van der Waals surface area contributed by atoms with Crippen LogP contribution in [0.2, 0.25) is 0 Å². The highest BCUT2D eigenvalue weighted by atomic mass is 16.8. The normalized spacial score (nSPS) is 51.0. The molecular weight excluding hydrogens is 872 g/mol. The standard InChI is InChI=1S/C42H68O23/c1-57-26-8-16(2-5-21(26)45)3-7-30(49)58-14-28-32(51)34(53)37(56)40(63-28)60-15-29-33(52)35(54)39(65-41-36(55)31(50)24(48)13-59-41)42(64-29)62-27-12-19-22(46)10-18(43)11-25(19)61-38(27)17-4-6-20(44)23(47)9-17/h3,7,16-29,31-48,50-56H,2,4-6,8-15H2,1H3/p+1/t16?,17?,18?,19?,20?,21?,22?,23?,24-,25?,26?,27?,28-,29-,31+,32-,33+,34+,35+,36-,37-,38?,39-,40-,41+,42-/m1/s1. The fourth-order valence-electron chi connectivity index (χ4n) is 10.4. The predicted octanol–water partition coefficient (Wildman–Crippen LogP) is -5.94. The van der Waals surface area contributed by atoms with Crippen LogP contribution >= 0.6 is 0 Å². The third-order valence-electron chi connectivity index (χ3n) is 14.4. The van der Waals surface area contributed by atoms with E-state index in [4.69, 9.17) is 42.6 Å². The van der Waals surface area contributed by atoms with Crippen LogP contribution < -0.4 is 0 Å². The number of carbonyl (C=O) groups excluding carboxylic acids is 1. The van der Waals surface area contributed by atoms with Gasteiger partial charge in [0.2, 0.25) is 0 Å². The van der Waals surface area contributed by atoms with E-state index in [0.29, 0.717) is 25.7 Å². The van der Waals surface area contributed by atoms with Gasteiger partial charge in [0.1, 0.15) is 79.9 Å². The molecular formula is C42H69O23+. The average molecular weight is 942 g/mol. The zero-order valence-electron chi connectivity index (χ0n) is 36.1. The summed E-state index contributed by atoms with van der Waals surface area (Å²) < 4.78 is 51.3. The first-order valence-corrected chi connectivity index (χ1v) is 22.7. The monoisotopic (exact) mass is 941 g/mol. The van der Waals surface area contributed by atoms with E-state index < -0.39 is 167 Å². The second-order valence-electron chi connectivity index (χ2n) is 18.8. The molecule has 7 aliphatic rings. The molecule has 0 aromatic heterocycles. The first-order chi connectivity index (χ1) is 30.9. The van der Waals surface area contributed by atoms with E-state index in [1.165, 1.54) is 13.2 Å². The highest BCUT2D eigenvalue weighted by molar-refractivity contribution is 5.81. The maximum absolute atomic E-state index is 12.6. The van der Waals surface area contributed by atoms with Gasteiger partial charge in [0.25, 0.3) is 0 Å². The Morgan fingerprint density at radius 2 is 1.31 bits per heavy atom. The number of aliphatic hydroxyl groups excluding tert-OH is 13. The van der Waals surface area contributed by atoms with E-state index in [1.807, 2.05) is 0 Å². The summed E-state index contributed by atoms with van der Waals surface area (Å²) in [6.45, 7) is -1.70. The Labute approximate surface area is 374 Å². The van der Waals surface area contributed by atoms with Crippen molar-refractivity contribution in [2.45, 2.75) is 199 Å². The van der Waals surface area contributed by atoms with Crippen molar-refractivity contribution in [1.82, 2.24) is 0 Å². The van der Waals surface area contributed by atoms with Crippen LogP contribution in [0.5, 0.6) is 0 Å². The Kier molecular flexibility index (Phi) is 17.7. The van der Waals surface area contributed by atoms with Crippen molar-refractivity contribution in [1.29, 1.82) is 0 Å². The zero-order chi connectivity index (χ0) is 46.9. The second-order valence-corrected chi connectivity index (χ2v) is 18.8. The average Bonchev–Trinajstić information content (AvgIpc) is 3.28. The maximum atomic E-state index is 12.6. The third kappa shape index (κ3) is 11.9. The van der Waals surface area contributed by atoms with Gasteiger partial charge in [-0.15, -0.1) is 0 Å². The molecule has 374 valence electrons. The highest BCUT2D eigenvalue weighted by Gasteiger charge is 2.56. The second kappa shape index (κ2) is 22.4. The van der Waals surface area contributed by atoms with Crippen molar-refractivity contribution < 1.29 is 114 Å². The van der Waals surface area contributed by atoms with Gasteiger partial charge < -0.3 is 109 Å². The molecule has 3 saturated carbocycles. The summed E-state index contributed by atoms with van der Waals surface area (Å²) in [5.41, 5.74) is 0. The molecule has 0 aromatic carbocycles. The Morgan fingerprint density at radius 3 is 2.05 bits per heavy atom. The molecule has 65 heavy (non-hydrogen) atoms. The van der Waals surface area contributed by atoms with E-state index in [9.17, 15) is 71.2 Å². The largest absolute Gasteiger partial charge is 0.460 e. The summed E-state index contributed by atoms with van der Waals surface area (Å²) in [5.74, 6) is -1.69. The number of hydrogen-bond donors (Lipinski definition) is 13. The molecule has 23 nitrogen and oxygen atoms in total. The van der Waals surface area contributed by atoms with Gasteiger partial charge in [-0.2, -0.15) is 0 Å². The minimum atomic E-state index is -1.90. The SMILES string of the molecule is COC1CC(C=CC(=O)OC[C@H]2O[C@@H](OC[C@H]3O[C@@H](OC4CC5C(O)CC(O)CC5[OH+]C4C4CCC(O)C(O)C4)[C@H](O[C@@H]4OC[C@@H](O)[C@H](O)[C@H]4O)[C@@H](O)[C@H]3O)[C@H](O)[C@@H](O)[C@@H]2O)CCC1O. The van der Waals surface area contributed by atoms with Crippen LogP contribution in [-0.4, -0.2) is 245 Å². The smallest absolute Gasteiger partial charge is 0.330 e. The molecule has 7 fully saturated rings. The number of rotatable bonds is 13. The van der Waals surface area contributed by atoms with Crippen LogP contribution in [-0.2, 0) is 42.7 Å². The van der Waals surface area contributed by atoms with E-state index >= 15 is 0 Å². The number of methoxy groups -OCH3 is 1. The van der Waals surface area contributed by atoms with E-state index in [1.54, 1.807) is 6.08 Å². The predicted molar refractivity (Wildman–Crippen MR) is 214 cm³/mol. The number of carbonyl (C=O) groups is 1. The summed E-state index contributed by atoms with van der Waals surface area (Å²) in [5, 5.41) is 139. The van der Waals surface area contributed by atoms with Gasteiger partial charge in [-0.25, -0.2) is 4.79 Å². The molecule has 26 atom stereocenters. The van der Waals surface area contributed by atoms with Crippen LogP contribution in [0.4, 0.5) is 0 Å². The summed E-state index contributed by atoms with van der Waals surface area (Å²) in [6.07, 6.45) is -24.9. The Morgan fingerprint density at radius 1 is 0.615 bits per heavy atom. The minimum Gasteiger partial charge on any atom is -0.460 e. The van der Waals surface area contributed by atoms with Crippen molar-refractivity contribution in [3.05, 3.63) is 12.2 Å². The Hall–Kier alpha value is -1.63. The van der Waals surface area contributed by atoms with Crippen molar-refractivity contribution >= 4 is 5.97 Å². The number of esters is 1. The highest BCUT2D eigenvalue weighted by Crippen LogP contribution is 2.43. The lowest BCUT2D eigenvalue weighted by atomic mass is 9.72. The molecule has 23 heteroatoms. The van der Waals surface area contributed by atoms with Crippen molar-refractivity contribution in [3.8, 4) is 0 Å². The zero-order valence-corrected chi connectivity index (χ0v) is 36.1. The van der Waals surface area contributed by atoms with E-state index in [2.05, 4.69) is 0 Å². The summed E-state index contributed by atoms with van der Waals surface area (Å²) >= 11 is 0. The molecule has 0 spiro atoms. The van der Waals surface area contributed by atoms with Crippen molar-refractivity contribution in [3.63, 3.8) is 0 Å². The molecule has 0 amide bonds. The first kappa shape index (κ1) is 51.2. The number of hydrogen-bond acceptors (Lipinski definition) is 22. The Balaban J connectivity index is 1.05. The molecule has 4 aliphatic heterocycles. The quantitative estimate of drug-likeness (QED) is 0.0464. The molecule has 0 radical (unpaired) electrons. The first-order valence-electron chi connectivity index (χ1n) is 22.7. The topological polar surface area (TPSA) is 367 Å². The molecule has 4 saturated heterocycles. The van der Waals surface area contributed by atoms with Crippen molar-refractivity contribution in [2.75, 3.05) is 26.9 Å². The van der Waals surface area contributed by atoms with Crippen molar-refractivity contribution in [2.24, 2.45) is 17.8 Å². The molecule has 0 aromatic rings. The van der Waals surface area contributed by atoms with Crippen LogP contribution in [0.1, 0.15) is 57.8 Å². The lowest BCUT2D eigenvalue weighted by Crippen LogP contribution is -2.65. The number of aliphatic hydroxyl groups is 15. The van der Waals surface area contributed by atoms with Crippen LogP contribution in [0.15, 0.2) is 12.2 Å². The van der Waals surface area contributed by atoms with Gasteiger partial charge in [-0.3, -0.25) is 0 Å². The van der Waals surface area contributed by atoms with Crippen LogP contribution in [0.25, 0.3) is 0 Å².